The first-order valence-corrected chi connectivity index (χ1v) is 10.3. The molecule has 2 aliphatic heterocycles. The van der Waals surface area contributed by atoms with Gasteiger partial charge in [-0.05, 0) is 25.3 Å². The molecule has 0 spiro atoms. The maximum absolute atomic E-state index is 13.0. The van der Waals surface area contributed by atoms with E-state index in [2.05, 4.69) is 11.9 Å². The van der Waals surface area contributed by atoms with Crippen molar-refractivity contribution in [2.75, 3.05) is 33.2 Å². The standard InChI is InChI=1S/C24H25N3O3/c1-25-9-11-27(12-10-25)15-19-21(28)8-7-18-23(29)22(30-24(18)19)13-16-14-26(2)20-6-4-3-5-17(16)20/h3-8,13-14,28H,9-12,15H2,1-2H3/b22-13-. The molecule has 30 heavy (non-hydrogen) atoms. The number of carbonyl (C=O) groups excluding carboxylic acids is 1. The van der Waals surface area contributed by atoms with Crippen LogP contribution in [0.5, 0.6) is 11.5 Å². The Hall–Kier alpha value is -3.09. The molecule has 0 radical (unpaired) electrons. The Morgan fingerprint density at radius 3 is 2.70 bits per heavy atom. The number of quaternary nitrogens is 1. The van der Waals surface area contributed by atoms with Gasteiger partial charge in [-0.3, -0.25) is 9.69 Å². The van der Waals surface area contributed by atoms with E-state index in [-0.39, 0.29) is 17.3 Å². The zero-order valence-electron chi connectivity index (χ0n) is 17.3. The van der Waals surface area contributed by atoms with Crippen LogP contribution < -0.4 is 14.7 Å². The van der Waals surface area contributed by atoms with Crippen molar-refractivity contribution in [2.45, 2.75) is 6.54 Å². The second kappa shape index (κ2) is 7.31. The van der Waals surface area contributed by atoms with Crippen molar-refractivity contribution in [1.82, 2.24) is 9.47 Å². The number of ketones is 1. The molecular weight excluding hydrogens is 378 g/mol. The molecule has 5 rings (SSSR count). The van der Waals surface area contributed by atoms with E-state index in [0.717, 1.165) is 42.6 Å². The van der Waals surface area contributed by atoms with Crippen LogP contribution in [-0.2, 0) is 13.6 Å². The molecule has 3 aromatic rings. The number of Topliss-reactive ketones (excluding diaryl/α,β-unsaturated/α-hetero) is 1. The Labute approximate surface area is 175 Å². The first kappa shape index (κ1) is 18.9. The average molecular weight is 403 g/mol. The predicted molar refractivity (Wildman–Crippen MR) is 114 cm³/mol. The van der Waals surface area contributed by atoms with Gasteiger partial charge in [-0.2, -0.15) is 0 Å². The van der Waals surface area contributed by atoms with Crippen LogP contribution in [0, 0.1) is 0 Å². The van der Waals surface area contributed by atoms with Gasteiger partial charge in [0, 0.05) is 48.4 Å². The van der Waals surface area contributed by atoms with E-state index in [4.69, 9.17) is 4.74 Å². The van der Waals surface area contributed by atoms with Crippen molar-refractivity contribution in [1.29, 1.82) is 0 Å². The number of carbonyl (C=O) groups is 1. The maximum Gasteiger partial charge on any atom is 0.231 e. The van der Waals surface area contributed by atoms with Crippen LogP contribution in [0.4, 0.5) is 0 Å². The minimum atomic E-state index is -0.160. The number of hydrogen-bond acceptors (Lipinski definition) is 4. The second-order valence-corrected chi connectivity index (χ2v) is 8.30. The number of rotatable bonds is 3. The monoisotopic (exact) mass is 403 g/mol. The molecule has 1 fully saturated rings. The summed E-state index contributed by atoms with van der Waals surface area (Å²) in [6.07, 6.45) is 3.78. The number of para-hydroxylation sites is 1. The molecule has 0 amide bonds. The number of aryl methyl sites for hydroxylation is 1. The summed E-state index contributed by atoms with van der Waals surface area (Å²) in [5.74, 6) is 0.513. The Morgan fingerprint density at radius 1 is 1.13 bits per heavy atom. The normalized spacial score (nSPS) is 18.9. The largest absolute Gasteiger partial charge is 0.872 e. The van der Waals surface area contributed by atoms with E-state index in [1.807, 2.05) is 42.1 Å². The highest BCUT2D eigenvalue weighted by atomic mass is 16.5. The van der Waals surface area contributed by atoms with E-state index >= 15 is 0 Å². The second-order valence-electron chi connectivity index (χ2n) is 8.30. The van der Waals surface area contributed by atoms with E-state index in [9.17, 15) is 9.90 Å². The summed E-state index contributed by atoms with van der Waals surface area (Å²) in [7, 11) is 4.10. The van der Waals surface area contributed by atoms with Crippen molar-refractivity contribution < 1.29 is 19.5 Å². The van der Waals surface area contributed by atoms with Gasteiger partial charge in [0.2, 0.25) is 5.78 Å². The van der Waals surface area contributed by atoms with E-state index in [1.165, 1.54) is 11.0 Å². The molecule has 154 valence electrons. The number of piperazine rings is 1. The molecule has 0 bridgehead atoms. The molecule has 3 heterocycles. The smallest absolute Gasteiger partial charge is 0.231 e. The van der Waals surface area contributed by atoms with Crippen LogP contribution in [0.1, 0.15) is 21.5 Å². The Kier molecular flexibility index (Phi) is 4.60. The van der Waals surface area contributed by atoms with Crippen molar-refractivity contribution >= 4 is 22.8 Å². The van der Waals surface area contributed by atoms with Crippen LogP contribution in [0.15, 0.2) is 48.4 Å². The minimum Gasteiger partial charge on any atom is -0.872 e. The third-order valence-electron chi connectivity index (χ3n) is 6.23. The highest BCUT2D eigenvalue weighted by Gasteiger charge is 2.31. The number of benzene rings is 2. The Morgan fingerprint density at radius 2 is 1.90 bits per heavy atom. The number of hydrogen-bond donors (Lipinski definition) is 1. The zero-order valence-corrected chi connectivity index (χ0v) is 17.3. The summed E-state index contributed by atoms with van der Waals surface area (Å²) in [5.41, 5.74) is 3.12. The van der Waals surface area contributed by atoms with Crippen molar-refractivity contribution in [2.24, 2.45) is 7.05 Å². The average Bonchev–Trinajstić information content (AvgIpc) is 3.23. The predicted octanol–water partition coefficient (Wildman–Crippen LogP) is 1.20. The third-order valence-corrected chi connectivity index (χ3v) is 6.23. The summed E-state index contributed by atoms with van der Waals surface area (Å²) in [6, 6.07) is 11.2. The lowest BCUT2D eigenvalue weighted by Crippen LogP contribution is -3.13. The molecule has 0 unspecified atom stereocenters. The zero-order chi connectivity index (χ0) is 20.8. The Balaban J connectivity index is 1.49. The summed E-state index contributed by atoms with van der Waals surface area (Å²) in [5, 5.41) is 13.7. The topological polar surface area (TPSA) is 62.0 Å². The molecule has 1 aromatic heterocycles. The van der Waals surface area contributed by atoms with Gasteiger partial charge in [-0.15, -0.1) is 0 Å². The van der Waals surface area contributed by atoms with Crippen molar-refractivity contribution in [3.63, 3.8) is 0 Å². The van der Waals surface area contributed by atoms with Gasteiger partial charge in [0.05, 0.1) is 18.7 Å². The molecule has 2 aromatic carbocycles. The fourth-order valence-corrected chi connectivity index (χ4v) is 4.45. The van der Waals surface area contributed by atoms with Crippen LogP contribution in [0.2, 0.25) is 0 Å². The molecule has 0 atom stereocenters. The number of ether oxygens (including phenoxy) is 1. The number of fused-ring (bicyclic) bond motifs is 2. The quantitative estimate of drug-likeness (QED) is 0.668. The number of nitrogens with zero attached hydrogens (tertiary/aromatic N) is 2. The van der Waals surface area contributed by atoms with Gasteiger partial charge in [-0.25, -0.2) is 0 Å². The van der Waals surface area contributed by atoms with Gasteiger partial charge in [0.15, 0.2) is 5.76 Å². The Bertz CT molecular complexity index is 1170. The van der Waals surface area contributed by atoms with Crippen LogP contribution in [0.3, 0.4) is 0 Å². The number of allylic oxidation sites excluding steroid dienone is 1. The first-order chi connectivity index (χ1) is 14.5. The summed E-state index contributed by atoms with van der Waals surface area (Å²) < 4.78 is 8.07. The molecule has 2 aliphatic rings. The van der Waals surface area contributed by atoms with Crippen molar-refractivity contribution in [3.8, 4) is 11.5 Å². The number of likely N-dealkylation sites (N-methyl/N-ethyl adjacent to an activating group) is 1. The van der Waals surface area contributed by atoms with Gasteiger partial charge in [-0.1, -0.05) is 30.0 Å². The minimum absolute atomic E-state index is 0.0561. The summed E-state index contributed by atoms with van der Waals surface area (Å²) in [4.78, 5) is 16.7. The highest BCUT2D eigenvalue weighted by molar-refractivity contribution is 6.15. The molecule has 1 saturated heterocycles. The van der Waals surface area contributed by atoms with Crippen LogP contribution in [-0.4, -0.2) is 48.5 Å². The number of nitrogens with one attached hydrogen (secondary N) is 1. The summed E-state index contributed by atoms with van der Waals surface area (Å²) >= 11 is 0. The van der Waals surface area contributed by atoms with E-state index < -0.39 is 0 Å². The number of aromatic nitrogens is 1. The third kappa shape index (κ3) is 3.18. The van der Waals surface area contributed by atoms with Gasteiger partial charge < -0.3 is 19.3 Å². The van der Waals surface area contributed by atoms with Crippen molar-refractivity contribution in [3.05, 3.63) is 65.0 Å². The first-order valence-electron chi connectivity index (χ1n) is 10.3. The van der Waals surface area contributed by atoms with Gasteiger partial charge >= 0.3 is 0 Å². The lowest BCUT2D eigenvalue weighted by atomic mass is 10.0. The van der Waals surface area contributed by atoms with Gasteiger partial charge in [0.25, 0.3) is 0 Å². The lowest BCUT2D eigenvalue weighted by molar-refractivity contribution is -0.918. The lowest BCUT2D eigenvalue weighted by Gasteiger charge is -2.30. The highest BCUT2D eigenvalue weighted by Crippen LogP contribution is 2.38. The van der Waals surface area contributed by atoms with Crippen LogP contribution >= 0.6 is 0 Å². The molecule has 1 N–H and O–H groups in total. The fraction of sp³-hybridized carbons (Fsp3) is 0.292. The molecular formula is C24H25N3O3. The van der Waals surface area contributed by atoms with E-state index in [0.29, 0.717) is 23.4 Å². The molecule has 0 aliphatic carbocycles. The SMILES string of the molecule is CN1CC[NH+](Cc2c([O-])ccc3c2O/C(=C\c2cn(C)c4ccccc24)C3=O)CC1. The van der Waals surface area contributed by atoms with Crippen LogP contribution in [0.25, 0.3) is 17.0 Å². The molecule has 0 saturated carbocycles. The molecule has 6 heteroatoms. The van der Waals surface area contributed by atoms with E-state index in [1.54, 1.807) is 12.1 Å². The fourth-order valence-electron chi connectivity index (χ4n) is 4.45. The summed E-state index contributed by atoms with van der Waals surface area (Å²) in [6.45, 7) is 4.55. The molecule has 6 nitrogen and oxygen atoms in total. The maximum atomic E-state index is 13.0. The van der Waals surface area contributed by atoms with Gasteiger partial charge in [0.1, 0.15) is 12.3 Å².